The molecule has 0 saturated heterocycles. The predicted octanol–water partition coefficient (Wildman–Crippen LogP) is 4.63. The second-order valence-electron chi connectivity index (χ2n) is 6.80. The number of benzene rings is 2. The second kappa shape index (κ2) is 6.16. The summed E-state index contributed by atoms with van der Waals surface area (Å²) in [6.45, 7) is 4.19. The van der Waals surface area contributed by atoms with Crippen LogP contribution in [0.1, 0.15) is 25.0 Å². The van der Waals surface area contributed by atoms with Gasteiger partial charge >= 0.3 is 0 Å². The van der Waals surface area contributed by atoms with E-state index < -0.39 is 0 Å². The van der Waals surface area contributed by atoms with Gasteiger partial charge in [-0.2, -0.15) is 0 Å². The van der Waals surface area contributed by atoms with Gasteiger partial charge in [0.15, 0.2) is 11.5 Å². The number of phenolic OH excluding ortho intramolecular Hbond substituents is 3. The summed E-state index contributed by atoms with van der Waals surface area (Å²) in [6.07, 6.45) is 2.50. The van der Waals surface area contributed by atoms with Gasteiger partial charge in [-0.1, -0.05) is 11.6 Å². The van der Waals surface area contributed by atoms with E-state index in [1.807, 2.05) is 19.9 Å². The van der Waals surface area contributed by atoms with E-state index in [9.17, 15) is 15.3 Å². The van der Waals surface area contributed by atoms with Gasteiger partial charge in [-0.25, -0.2) is 0 Å². The number of fused-ring (bicyclic) bond motifs is 5. The van der Waals surface area contributed by atoms with Crippen LogP contribution >= 0.6 is 0 Å². The van der Waals surface area contributed by atoms with Gasteiger partial charge in [-0.15, -0.1) is 0 Å². The first-order valence-corrected chi connectivity index (χ1v) is 8.57. The first-order chi connectivity index (χ1) is 12.9. The van der Waals surface area contributed by atoms with Crippen molar-refractivity contribution in [3.63, 3.8) is 0 Å². The van der Waals surface area contributed by atoms with E-state index >= 15 is 0 Å². The highest BCUT2D eigenvalue weighted by Crippen LogP contribution is 2.52. The largest absolute Gasteiger partial charge is 0.507 e. The fourth-order valence-corrected chi connectivity index (χ4v) is 3.39. The first kappa shape index (κ1) is 17.1. The molecule has 1 aliphatic heterocycles. The molecule has 6 nitrogen and oxygen atoms in total. The van der Waals surface area contributed by atoms with E-state index in [1.165, 1.54) is 19.2 Å². The fourth-order valence-electron chi connectivity index (χ4n) is 3.39. The van der Waals surface area contributed by atoms with Crippen LogP contribution in [0, 0.1) is 0 Å². The highest BCUT2D eigenvalue weighted by molar-refractivity contribution is 5.94. The lowest BCUT2D eigenvalue weighted by Gasteiger charge is -2.22. The molecule has 0 saturated carbocycles. The van der Waals surface area contributed by atoms with Crippen LogP contribution in [0.3, 0.4) is 0 Å². The van der Waals surface area contributed by atoms with Crippen LogP contribution in [0.2, 0.25) is 0 Å². The molecule has 0 bridgehead atoms. The number of rotatable bonds is 3. The van der Waals surface area contributed by atoms with Gasteiger partial charge < -0.3 is 29.2 Å². The Bertz CT molecular complexity index is 1090. The summed E-state index contributed by atoms with van der Waals surface area (Å²) in [7, 11) is 1.54. The highest BCUT2D eigenvalue weighted by atomic mass is 16.5. The monoisotopic (exact) mass is 368 g/mol. The molecule has 2 aromatic carbocycles. The molecule has 2 heterocycles. The minimum Gasteiger partial charge on any atom is -0.507 e. The Morgan fingerprint density at radius 1 is 1.11 bits per heavy atom. The molecule has 27 heavy (non-hydrogen) atoms. The molecule has 140 valence electrons. The Morgan fingerprint density at radius 2 is 1.85 bits per heavy atom. The van der Waals surface area contributed by atoms with Gasteiger partial charge in [0.25, 0.3) is 0 Å². The van der Waals surface area contributed by atoms with Crippen molar-refractivity contribution in [2.45, 2.75) is 26.9 Å². The minimum absolute atomic E-state index is 0.0953. The zero-order chi connectivity index (χ0) is 19.3. The highest BCUT2D eigenvalue weighted by Gasteiger charge is 2.31. The Morgan fingerprint density at radius 3 is 2.56 bits per heavy atom. The van der Waals surface area contributed by atoms with Crippen molar-refractivity contribution < 1.29 is 29.2 Å². The number of methoxy groups -OCH3 is 1. The lowest BCUT2D eigenvalue weighted by Crippen LogP contribution is -2.06. The van der Waals surface area contributed by atoms with Gasteiger partial charge in [0.2, 0.25) is 0 Å². The molecular weight excluding hydrogens is 348 g/mol. The van der Waals surface area contributed by atoms with Crippen LogP contribution in [0.25, 0.3) is 22.3 Å². The fraction of sp³-hybridized carbons (Fsp3) is 0.238. The number of phenols is 3. The maximum absolute atomic E-state index is 10.5. The van der Waals surface area contributed by atoms with Crippen LogP contribution in [0.15, 0.2) is 34.3 Å². The van der Waals surface area contributed by atoms with Crippen molar-refractivity contribution in [3.05, 3.63) is 41.0 Å². The van der Waals surface area contributed by atoms with E-state index in [2.05, 4.69) is 0 Å². The quantitative estimate of drug-likeness (QED) is 0.461. The molecule has 3 N–H and O–H groups in total. The van der Waals surface area contributed by atoms with Crippen LogP contribution in [0.4, 0.5) is 0 Å². The first-order valence-electron chi connectivity index (χ1n) is 8.57. The van der Waals surface area contributed by atoms with Gasteiger partial charge in [0.05, 0.1) is 7.11 Å². The summed E-state index contributed by atoms with van der Waals surface area (Å²) in [6, 6.07) is 4.40. The molecule has 3 aromatic rings. The van der Waals surface area contributed by atoms with E-state index in [-0.39, 0.29) is 23.9 Å². The van der Waals surface area contributed by atoms with Crippen LogP contribution in [-0.4, -0.2) is 22.4 Å². The smallest absolute Gasteiger partial charge is 0.161 e. The summed E-state index contributed by atoms with van der Waals surface area (Å²) in [5.74, 6) is 1.11. The molecule has 0 atom stereocenters. The average Bonchev–Trinajstić information content (AvgIpc) is 2.97. The maximum Gasteiger partial charge on any atom is 0.161 e. The predicted molar refractivity (Wildman–Crippen MR) is 101 cm³/mol. The third kappa shape index (κ3) is 2.65. The number of furan rings is 1. The van der Waals surface area contributed by atoms with Crippen molar-refractivity contribution in [3.8, 4) is 40.1 Å². The third-order valence-corrected chi connectivity index (χ3v) is 4.73. The van der Waals surface area contributed by atoms with Gasteiger partial charge in [-0.05, 0) is 26.3 Å². The second-order valence-corrected chi connectivity index (χ2v) is 6.80. The molecule has 0 spiro atoms. The molecule has 4 rings (SSSR count). The number of hydrogen-bond donors (Lipinski definition) is 3. The third-order valence-electron chi connectivity index (χ3n) is 4.73. The van der Waals surface area contributed by atoms with E-state index in [0.717, 1.165) is 11.1 Å². The molecule has 6 heteroatoms. The average molecular weight is 368 g/mol. The van der Waals surface area contributed by atoms with Gasteiger partial charge in [0, 0.05) is 28.6 Å². The van der Waals surface area contributed by atoms with Crippen molar-refractivity contribution in [2.75, 3.05) is 7.11 Å². The number of hydrogen-bond acceptors (Lipinski definition) is 6. The number of ether oxygens (including phenoxy) is 2. The molecule has 0 fully saturated rings. The summed E-state index contributed by atoms with van der Waals surface area (Å²) in [5.41, 5.74) is 3.57. The normalized spacial score (nSPS) is 12.3. The number of allylic oxidation sites excluding steroid dienone is 2. The topological polar surface area (TPSA) is 92.3 Å². The van der Waals surface area contributed by atoms with Crippen molar-refractivity contribution in [1.29, 1.82) is 0 Å². The summed E-state index contributed by atoms with van der Waals surface area (Å²) < 4.78 is 17.4. The van der Waals surface area contributed by atoms with E-state index in [0.29, 0.717) is 45.8 Å². The summed E-state index contributed by atoms with van der Waals surface area (Å²) in [4.78, 5) is 0. The maximum atomic E-state index is 10.5. The van der Waals surface area contributed by atoms with Crippen LogP contribution in [0.5, 0.6) is 28.7 Å². The Balaban J connectivity index is 1.99. The lowest BCUT2D eigenvalue weighted by molar-refractivity contribution is 0.294. The molecule has 0 radical (unpaired) electrons. The molecule has 0 amide bonds. The van der Waals surface area contributed by atoms with Gasteiger partial charge in [0.1, 0.15) is 40.8 Å². The summed E-state index contributed by atoms with van der Waals surface area (Å²) >= 11 is 0. The zero-order valence-corrected chi connectivity index (χ0v) is 15.3. The SMILES string of the molecule is COc1c(CC=C(C)C)c(O)cc2c1-c1oc3cc(O)c(O)cc3c1CO2. The van der Waals surface area contributed by atoms with E-state index in [4.69, 9.17) is 13.9 Å². The summed E-state index contributed by atoms with van der Waals surface area (Å²) in [5, 5.41) is 30.7. The Hall–Kier alpha value is -3.28. The van der Waals surface area contributed by atoms with Crippen LogP contribution in [-0.2, 0) is 13.0 Å². The van der Waals surface area contributed by atoms with Gasteiger partial charge in [-0.3, -0.25) is 0 Å². The molecule has 1 aliphatic rings. The van der Waals surface area contributed by atoms with Crippen LogP contribution < -0.4 is 9.47 Å². The van der Waals surface area contributed by atoms with E-state index in [1.54, 1.807) is 6.07 Å². The molecule has 0 unspecified atom stereocenters. The Labute approximate surface area is 155 Å². The molecule has 1 aromatic heterocycles. The lowest BCUT2D eigenvalue weighted by atomic mass is 9.96. The Kier molecular flexibility index (Phi) is 3.91. The zero-order valence-electron chi connectivity index (χ0n) is 15.3. The van der Waals surface area contributed by atoms with Crippen molar-refractivity contribution in [1.82, 2.24) is 0 Å². The van der Waals surface area contributed by atoms with Crippen molar-refractivity contribution in [2.24, 2.45) is 0 Å². The molecule has 0 aliphatic carbocycles. The number of aromatic hydroxyl groups is 3. The standard InChI is InChI=1S/C21H20O6/c1-10(2)4-5-11-14(22)7-18-19(20(11)25-3)21-13(9-26-18)12-6-15(23)16(24)8-17(12)27-21/h4,6-8,22-24H,5,9H2,1-3H3. The van der Waals surface area contributed by atoms with Crippen molar-refractivity contribution >= 4 is 11.0 Å². The minimum atomic E-state index is -0.253. The molecular formula is C21H20O6.